The zero-order chi connectivity index (χ0) is 25.3. The fourth-order valence-corrected chi connectivity index (χ4v) is 2.85. The molecule has 0 fully saturated rings. The monoisotopic (exact) mass is 468 g/mol. The average Bonchev–Trinajstić information content (AvgIpc) is 2.74. The summed E-state index contributed by atoms with van der Waals surface area (Å²) in [4.78, 5) is 49.2. The molecule has 12 heteroatoms. The van der Waals surface area contributed by atoms with Crippen LogP contribution in [0.1, 0.15) is 26.3 Å². The van der Waals surface area contributed by atoms with Crippen molar-refractivity contribution in [3.63, 3.8) is 0 Å². The molecule has 1 aromatic rings. The molecule has 0 spiro atoms. The van der Waals surface area contributed by atoms with Gasteiger partial charge in [0.1, 0.15) is 29.9 Å². The maximum atomic E-state index is 12.9. The summed E-state index contributed by atoms with van der Waals surface area (Å²) in [6.07, 6.45) is -1.45. The summed E-state index contributed by atoms with van der Waals surface area (Å²) in [5.74, 6) is -4.30. The molecule has 0 saturated carbocycles. The number of nitrogens with two attached hydrogens (primary N) is 1. The molecule has 184 valence electrons. The summed E-state index contributed by atoms with van der Waals surface area (Å²) in [5, 5.41) is 44.8. The van der Waals surface area contributed by atoms with E-state index < -0.39 is 66.5 Å². The highest BCUT2D eigenvalue weighted by atomic mass is 16.4. The second-order valence-corrected chi connectivity index (χ2v) is 8.02. The molecule has 3 amide bonds. The van der Waals surface area contributed by atoms with Crippen molar-refractivity contribution in [3.05, 3.63) is 29.8 Å². The van der Waals surface area contributed by atoms with Gasteiger partial charge in [-0.25, -0.2) is 4.79 Å². The fraction of sp³-hybridized carbons (Fsp3) is 0.524. The first kappa shape index (κ1) is 27.8. The standard InChI is InChI=1S/C21H32N4O8/c1-10(2)16(21(32)33)24-19(30)15(8-12-4-6-13(28)7-5-12)23-20(31)17(11(3)27)25-18(29)14(22)9-26/h4-7,10-11,14-17,26-28H,8-9,22H2,1-3H3,(H,23,31)(H,24,30)(H,25,29)(H,32,33). The first-order valence-corrected chi connectivity index (χ1v) is 10.3. The number of aromatic hydroxyl groups is 1. The highest BCUT2D eigenvalue weighted by molar-refractivity contribution is 5.94. The number of carbonyl (C=O) groups excluding carboxylic acids is 3. The van der Waals surface area contributed by atoms with E-state index in [1.165, 1.54) is 31.2 Å². The maximum Gasteiger partial charge on any atom is 0.326 e. The first-order chi connectivity index (χ1) is 15.4. The van der Waals surface area contributed by atoms with Gasteiger partial charge in [0.2, 0.25) is 17.7 Å². The summed E-state index contributed by atoms with van der Waals surface area (Å²) in [6, 6.07) is 0.507. The van der Waals surface area contributed by atoms with Gasteiger partial charge in [0.25, 0.3) is 0 Å². The quantitative estimate of drug-likeness (QED) is 0.167. The Hall–Kier alpha value is -3.22. The van der Waals surface area contributed by atoms with Crippen molar-refractivity contribution >= 4 is 23.7 Å². The fourth-order valence-electron chi connectivity index (χ4n) is 2.85. The van der Waals surface area contributed by atoms with Crippen molar-refractivity contribution < 1.29 is 39.6 Å². The van der Waals surface area contributed by atoms with Crippen molar-refractivity contribution in [1.82, 2.24) is 16.0 Å². The molecule has 0 aliphatic carbocycles. The third kappa shape index (κ3) is 8.67. The van der Waals surface area contributed by atoms with Gasteiger partial charge in [0.05, 0.1) is 12.7 Å². The van der Waals surface area contributed by atoms with Crippen LogP contribution in [-0.4, -0.2) is 81.0 Å². The average molecular weight is 469 g/mol. The van der Waals surface area contributed by atoms with E-state index in [2.05, 4.69) is 16.0 Å². The zero-order valence-corrected chi connectivity index (χ0v) is 18.7. The second-order valence-electron chi connectivity index (χ2n) is 8.02. The number of amides is 3. The molecule has 0 aliphatic rings. The Morgan fingerprint density at radius 2 is 1.45 bits per heavy atom. The van der Waals surface area contributed by atoms with E-state index in [-0.39, 0.29) is 12.2 Å². The number of carbonyl (C=O) groups is 4. The van der Waals surface area contributed by atoms with E-state index in [0.717, 1.165) is 0 Å². The molecule has 0 heterocycles. The minimum Gasteiger partial charge on any atom is -0.508 e. The molecule has 0 saturated heterocycles. The van der Waals surface area contributed by atoms with Gasteiger partial charge in [-0.1, -0.05) is 26.0 Å². The van der Waals surface area contributed by atoms with Gasteiger partial charge in [0, 0.05) is 6.42 Å². The van der Waals surface area contributed by atoms with E-state index in [4.69, 9.17) is 10.8 Å². The molecule has 1 rings (SSSR count). The minimum absolute atomic E-state index is 0.00774. The maximum absolute atomic E-state index is 12.9. The highest BCUT2D eigenvalue weighted by Gasteiger charge is 2.33. The van der Waals surface area contributed by atoms with Crippen LogP contribution in [0.2, 0.25) is 0 Å². The molecule has 9 N–H and O–H groups in total. The Morgan fingerprint density at radius 1 is 0.909 bits per heavy atom. The topological polar surface area (TPSA) is 211 Å². The van der Waals surface area contributed by atoms with Crippen LogP contribution in [0.4, 0.5) is 0 Å². The number of aliphatic hydroxyl groups is 2. The normalized spacial score (nSPS) is 15.6. The lowest BCUT2D eigenvalue weighted by Gasteiger charge is -2.27. The van der Waals surface area contributed by atoms with Gasteiger partial charge >= 0.3 is 5.97 Å². The van der Waals surface area contributed by atoms with Gasteiger partial charge in [-0.3, -0.25) is 14.4 Å². The smallest absolute Gasteiger partial charge is 0.326 e. The summed E-state index contributed by atoms with van der Waals surface area (Å²) in [6.45, 7) is 3.77. The Kier molecular flexibility index (Phi) is 10.7. The SMILES string of the molecule is CC(C)C(NC(=O)C(Cc1ccc(O)cc1)NC(=O)C(NC(=O)C(N)CO)C(C)O)C(=O)O. The Morgan fingerprint density at radius 3 is 1.91 bits per heavy atom. The third-order valence-corrected chi connectivity index (χ3v) is 4.84. The van der Waals surface area contributed by atoms with Crippen molar-refractivity contribution in [2.24, 2.45) is 11.7 Å². The second kappa shape index (κ2) is 12.7. The predicted molar refractivity (Wildman–Crippen MR) is 117 cm³/mol. The summed E-state index contributed by atoms with van der Waals surface area (Å²) in [7, 11) is 0. The Bertz CT molecular complexity index is 828. The van der Waals surface area contributed by atoms with Crippen LogP contribution in [0.5, 0.6) is 5.75 Å². The number of aliphatic hydroxyl groups excluding tert-OH is 2. The van der Waals surface area contributed by atoms with E-state index in [9.17, 15) is 34.5 Å². The van der Waals surface area contributed by atoms with Crippen LogP contribution >= 0.6 is 0 Å². The molecule has 5 atom stereocenters. The number of phenols is 1. The molecule has 1 aromatic carbocycles. The number of hydrogen-bond acceptors (Lipinski definition) is 8. The zero-order valence-electron chi connectivity index (χ0n) is 18.7. The van der Waals surface area contributed by atoms with Gasteiger partial charge in [-0.05, 0) is 30.5 Å². The molecule has 33 heavy (non-hydrogen) atoms. The Balaban J connectivity index is 3.13. The third-order valence-electron chi connectivity index (χ3n) is 4.84. The molecule has 5 unspecified atom stereocenters. The number of hydrogen-bond donors (Lipinski definition) is 8. The molecule has 0 radical (unpaired) electrons. The van der Waals surface area contributed by atoms with Crippen LogP contribution in [0.3, 0.4) is 0 Å². The molecule has 12 nitrogen and oxygen atoms in total. The lowest BCUT2D eigenvalue weighted by Crippen LogP contribution is -2.60. The van der Waals surface area contributed by atoms with Crippen molar-refractivity contribution in [2.45, 2.75) is 57.5 Å². The number of phenolic OH excluding ortho intramolecular Hbond substituents is 1. The van der Waals surface area contributed by atoms with Crippen molar-refractivity contribution in [2.75, 3.05) is 6.61 Å². The number of nitrogens with one attached hydrogen (secondary N) is 3. The van der Waals surface area contributed by atoms with E-state index in [0.29, 0.717) is 5.56 Å². The summed E-state index contributed by atoms with van der Waals surface area (Å²) >= 11 is 0. The molecule has 0 aliphatic heterocycles. The summed E-state index contributed by atoms with van der Waals surface area (Å²) < 4.78 is 0. The molecular weight excluding hydrogens is 436 g/mol. The van der Waals surface area contributed by atoms with Crippen LogP contribution in [0.25, 0.3) is 0 Å². The van der Waals surface area contributed by atoms with Gasteiger partial charge in [-0.2, -0.15) is 0 Å². The Labute approximate surface area is 191 Å². The number of benzene rings is 1. The van der Waals surface area contributed by atoms with E-state index >= 15 is 0 Å². The highest BCUT2D eigenvalue weighted by Crippen LogP contribution is 2.12. The molecule has 0 aromatic heterocycles. The van der Waals surface area contributed by atoms with Gasteiger partial charge in [-0.15, -0.1) is 0 Å². The number of carboxylic acids is 1. The van der Waals surface area contributed by atoms with Crippen LogP contribution < -0.4 is 21.7 Å². The molecule has 0 bridgehead atoms. The van der Waals surface area contributed by atoms with Gasteiger partial charge in [0.15, 0.2) is 0 Å². The molecular formula is C21H32N4O8. The number of carboxylic acid groups (broad SMARTS) is 1. The number of rotatable bonds is 12. The van der Waals surface area contributed by atoms with Crippen molar-refractivity contribution in [1.29, 1.82) is 0 Å². The van der Waals surface area contributed by atoms with Crippen LogP contribution in [-0.2, 0) is 25.6 Å². The van der Waals surface area contributed by atoms with Crippen LogP contribution in [0, 0.1) is 5.92 Å². The lowest BCUT2D eigenvalue weighted by atomic mass is 10.0. The van der Waals surface area contributed by atoms with E-state index in [1.807, 2.05) is 0 Å². The van der Waals surface area contributed by atoms with Crippen LogP contribution in [0.15, 0.2) is 24.3 Å². The predicted octanol–water partition coefficient (Wildman–Crippen LogP) is -2.17. The lowest BCUT2D eigenvalue weighted by molar-refractivity contribution is -0.143. The minimum atomic E-state index is -1.49. The first-order valence-electron chi connectivity index (χ1n) is 10.3. The van der Waals surface area contributed by atoms with Crippen molar-refractivity contribution in [3.8, 4) is 5.75 Å². The summed E-state index contributed by atoms with van der Waals surface area (Å²) in [5.41, 5.74) is 5.97. The van der Waals surface area contributed by atoms with E-state index in [1.54, 1.807) is 13.8 Å². The number of aliphatic carboxylic acids is 1. The largest absolute Gasteiger partial charge is 0.508 e. The van der Waals surface area contributed by atoms with Gasteiger partial charge < -0.3 is 42.1 Å².